The highest BCUT2D eigenvalue weighted by atomic mass is 16.5. The summed E-state index contributed by atoms with van der Waals surface area (Å²) in [6, 6.07) is -1.12. The molecular weight excluding hydrogens is 398 g/mol. The van der Waals surface area contributed by atoms with Crippen molar-refractivity contribution in [3.05, 3.63) is 24.3 Å². The molecule has 31 heavy (non-hydrogen) atoms. The third-order valence-electron chi connectivity index (χ3n) is 6.21. The third kappa shape index (κ3) is 6.30. The molecule has 0 spiro atoms. The van der Waals surface area contributed by atoms with Crippen LogP contribution in [-0.4, -0.2) is 81.8 Å². The maximum atomic E-state index is 12.9. The van der Waals surface area contributed by atoms with Gasteiger partial charge in [-0.05, 0) is 73.0 Å². The van der Waals surface area contributed by atoms with E-state index in [9.17, 15) is 14.7 Å². The van der Waals surface area contributed by atoms with Gasteiger partial charge in [0.15, 0.2) is 0 Å². The van der Waals surface area contributed by atoms with Crippen molar-refractivity contribution >= 4 is 12.1 Å². The van der Waals surface area contributed by atoms with E-state index in [1.807, 2.05) is 55.4 Å². The Labute approximate surface area is 187 Å². The molecule has 0 aromatic rings. The first-order valence-corrected chi connectivity index (χ1v) is 10.6. The van der Waals surface area contributed by atoms with Crippen LogP contribution in [0, 0.1) is 0 Å². The second-order valence-corrected chi connectivity index (χ2v) is 9.87. The van der Waals surface area contributed by atoms with Gasteiger partial charge in [-0.15, -0.1) is 0 Å². The van der Waals surface area contributed by atoms with Gasteiger partial charge in [0, 0.05) is 19.2 Å². The van der Waals surface area contributed by atoms with E-state index < -0.39 is 35.2 Å². The fourth-order valence-electron chi connectivity index (χ4n) is 2.88. The zero-order valence-corrected chi connectivity index (χ0v) is 20.7. The lowest BCUT2D eigenvalue weighted by Gasteiger charge is -2.50. The minimum atomic E-state index is -1.41. The minimum Gasteiger partial charge on any atom is -0.371 e. The van der Waals surface area contributed by atoms with Crippen molar-refractivity contribution in [3.63, 3.8) is 0 Å². The zero-order chi connectivity index (χ0) is 24.4. The highest BCUT2D eigenvalue weighted by Gasteiger charge is 2.47. The normalized spacial score (nSPS) is 18.6. The molecule has 0 bridgehead atoms. The number of amides is 4. The Bertz CT molecular complexity index is 714. The van der Waals surface area contributed by atoms with Gasteiger partial charge in [0.2, 0.25) is 6.35 Å². The van der Waals surface area contributed by atoms with E-state index in [4.69, 9.17) is 9.47 Å². The highest BCUT2D eigenvalue weighted by molar-refractivity contribution is 5.95. The van der Waals surface area contributed by atoms with Crippen molar-refractivity contribution in [1.29, 1.82) is 0 Å². The Hall–Kier alpha value is -1.90. The van der Waals surface area contributed by atoms with E-state index >= 15 is 0 Å². The molecule has 1 fully saturated rings. The number of carbonyl (C=O) groups excluding carboxylic acids is 2. The van der Waals surface area contributed by atoms with E-state index in [0.717, 1.165) is 16.0 Å². The fraction of sp³-hybridized carbons (Fsp3) is 0.739. The largest absolute Gasteiger partial charge is 0.371 e. The van der Waals surface area contributed by atoms with Crippen molar-refractivity contribution in [2.45, 2.75) is 84.9 Å². The average molecular weight is 440 g/mol. The van der Waals surface area contributed by atoms with Gasteiger partial charge in [-0.25, -0.2) is 14.5 Å². The highest BCUT2D eigenvalue weighted by Crippen LogP contribution is 2.29. The Balaban J connectivity index is 2.93. The minimum absolute atomic E-state index is 0.125. The van der Waals surface area contributed by atoms with Crippen LogP contribution in [0.2, 0.25) is 0 Å². The van der Waals surface area contributed by atoms with Crippen molar-refractivity contribution in [2.24, 2.45) is 0 Å². The van der Waals surface area contributed by atoms with E-state index in [2.05, 4.69) is 13.2 Å². The van der Waals surface area contributed by atoms with E-state index in [1.54, 1.807) is 0 Å². The molecule has 1 saturated heterocycles. The van der Waals surface area contributed by atoms with Crippen molar-refractivity contribution in [1.82, 2.24) is 14.7 Å². The molecule has 0 aliphatic carbocycles. The molecule has 1 N–H and O–H groups in total. The monoisotopic (exact) mass is 439 g/mol. The van der Waals surface area contributed by atoms with E-state index in [0.29, 0.717) is 13.0 Å². The zero-order valence-electron chi connectivity index (χ0n) is 20.7. The molecule has 1 unspecified atom stereocenters. The SMILES string of the molecule is C=C(C)C(C)(C)OCCN1C(=O)N(C)C(=O)N(C(C)(C)CCOC(C)(C)C(=C)C)C1O. The van der Waals surface area contributed by atoms with E-state index in [-0.39, 0.29) is 13.2 Å². The number of nitrogens with zero attached hydrogens (tertiary/aromatic N) is 3. The lowest BCUT2D eigenvalue weighted by atomic mass is 9.97. The van der Waals surface area contributed by atoms with Crippen molar-refractivity contribution in [2.75, 3.05) is 26.8 Å². The van der Waals surface area contributed by atoms with Gasteiger partial charge in [-0.1, -0.05) is 13.2 Å². The number of imide groups is 1. The lowest BCUT2D eigenvalue weighted by Crippen LogP contribution is -2.70. The van der Waals surface area contributed by atoms with Gasteiger partial charge in [0.05, 0.1) is 24.4 Å². The summed E-state index contributed by atoms with van der Waals surface area (Å²) in [5.41, 5.74) is -0.0726. The van der Waals surface area contributed by atoms with Crippen LogP contribution in [0.5, 0.6) is 0 Å². The molecular formula is C23H41N3O5. The molecule has 0 radical (unpaired) electrons. The maximum Gasteiger partial charge on any atom is 0.331 e. The van der Waals surface area contributed by atoms with Crippen LogP contribution in [0.15, 0.2) is 24.3 Å². The molecule has 178 valence electrons. The molecule has 0 aromatic carbocycles. The van der Waals surface area contributed by atoms with E-state index in [1.165, 1.54) is 16.8 Å². The van der Waals surface area contributed by atoms with Crippen LogP contribution in [0.4, 0.5) is 9.59 Å². The predicted octanol–water partition coefficient (Wildman–Crippen LogP) is 3.96. The molecule has 8 heteroatoms. The number of hydrogen-bond donors (Lipinski definition) is 1. The Morgan fingerprint density at radius 2 is 1.39 bits per heavy atom. The van der Waals surface area contributed by atoms with Gasteiger partial charge >= 0.3 is 12.1 Å². The molecule has 1 atom stereocenters. The van der Waals surface area contributed by atoms with Crippen LogP contribution in [-0.2, 0) is 9.47 Å². The predicted molar refractivity (Wildman–Crippen MR) is 121 cm³/mol. The molecule has 8 nitrogen and oxygen atoms in total. The molecule has 0 saturated carbocycles. The van der Waals surface area contributed by atoms with Crippen LogP contribution < -0.4 is 0 Å². The first-order chi connectivity index (χ1) is 14.0. The molecule has 4 amide bonds. The number of urea groups is 2. The van der Waals surface area contributed by atoms with Gasteiger partial charge < -0.3 is 14.6 Å². The summed E-state index contributed by atoms with van der Waals surface area (Å²) in [5.74, 6) is 0. The van der Waals surface area contributed by atoms with Crippen LogP contribution in [0.1, 0.15) is 61.8 Å². The maximum absolute atomic E-state index is 12.9. The summed E-state index contributed by atoms with van der Waals surface area (Å²) in [7, 11) is 1.41. The smallest absolute Gasteiger partial charge is 0.331 e. The molecule has 0 aromatic heterocycles. The molecule has 1 heterocycles. The van der Waals surface area contributed by atoms with Crippen LogP contribution in [0.3, 0.4) is 0 Å². The Morgan fingerprint density at radius 3 is 1.84 bits per heavy atom. The summed E-state index contributed by atoms with van der Waals surface area (Å²) in [6.45, 7) is 23.6. The van der Waals surface area contributed by atoms with Gasteiger partial charge in [-0.2, -0.15) is 0 Å². The fourth-order valence-corrected chi connectivity index (χ4v) is 2.88. The van der Waals surface area contributed by atoms with Crippen molar-refractivity contribution in [3.8, 4) is 0 Å². The number of ether oxygens (including phenoxy) is 2. The number of hydrogen-bond acceptors (Lipinski definition) is 5. The summed E-state index contributed by atoms with van der Waals surface area (Å²) in [5, 5.41) is 11.0. The summed E-state index contributed by atoms with van der Waals surface area (Å²) < 4.78 is 11.8. The van der Waals surface area contributed by atoms with Crippen LogP contribution >= 0.6 is 0 Å². The number of rotatable bonds is 11. The van der Waals surface area contributed by atoms with Gasteiger partial charge in [-0.3, -0.25) is 9.80 Å². The first-order valence-electron chi connectivity index (χ1n) is 10.6. The number of aliphatic hydroxyl groups excluding tert-OH is 1. The molecule has 1 aliphatic heterocycles. The summed E-state index contributed by atoms with van der Waals surface area (Å²) in [4.78, 5) is 29.1. The Kier molecular flexibility index (Phi) is 8.50. The number of carbonyl (C=O) groups is 2. The first kappa shape index (κ1) is 27.1. The second kappa shape index (κ2) is 9.71. The topological polar surface area (TPSA) is 82.6 Å². The average Bonchev–Trinajstić information content (AvgIpc) is 2.62. The summed E-state index contributed by atoms with van der Waals surface area (Å²) in [6.07, 6.45) is -0.946. The number of aliphatic hydroxyl groups is 1. The summed E-state index contributed by atoms with van der Waals surface area (Å²) >= 11 is 0. The lowest BCUT2D eigenvalue weighted by molar-refractivity contribution is -0.137. The standard InChI is InChI=1S/C23H41N3O5/c1-16(2)22(7,8)30-14-12-21(5,6)26-19(28)24(11)18(27)25(20(26)29)13-15-31-23(9,10)17(3)4/h20,29H,1,3,12-15H2,2,4-11H3. The van der Waals surface area contributed by atoms with Crippen molar-refractivity contribution < 1.29 is 24.2 Å². The molecule has 1 rings (SSSR count). The quantitative estimate of drug-likeness (QED) is 0.493. The van der Waals surface area contributed by atoms with Crippen LogP contribution in [0.25, 0.3) is 0 Å². The van der Waals surface area contributed by atoms with Gasteiger partial charge in [0.25, 0.3) is 0 Å². The molecule has 1 aliphatic rings. The second-order valence-electron chi connectivity index (χ2n) is 9.87. The third-order valence-corrected chi connectivity index (χ3v) is 6.21. The van der Waals surface area contributed by atoms with Gasteiger partial charge in [0.1, 0.15) is 0 Å². The Morgan fingerprint density at radius 1 is 0.935 bits per heavy atom.